The van der Waals surface area contributed by atoms with Crippen molar-refractivity contribution in [3.63, 3.8) is 0 Å². The van der Waals surface area contributed by atoms with E-state index in [1.165, 1.54) is 6.42 Å². The van der Waals surface area contributed by atoms with Crippen LogP contribution in [0.1, 0.15) is 44.0 Å². The van der Waals surface area contributed by atoms with Gasteiger partial charge in [-0.2, -0.15) is 5.10 Å². The molecular weight excluding hydrogens is 236 g/mol. The molecule has 1 aliphatic rings. The van der Waals surface area contributed by atoms with Crippen molar-refractivity contribution in [2.75, 3.05) is 0 Å². The molecule has 1 N–H and O–H groups in total. The van der Waals surface area contributed by atoms with Gasteiger partial charge < -0.3 is 5.11 Å². The summed E-state index contributed by atoms with van der Waals surface area (Å²) in [6.45, 7) is 4.11. The maximum atomic E-state index is 10.7. The van der Waals surface area contributed by atoms with Crippen molar-refractivity contribution in [2.45, 2.75) is 51.6 Å². The topological polar surface area (TPSA) is 38.0 Å². The molecule has 2 unspecified atom stereocenters. The summed E-state index contributed by atoms with van der Waals surface area (Å²) < 4.78 is 1.80. The van der Waals surface area contributed by atoms with Gasteiger partial charge >= 0.3 is 0 Å². The first-order chi connectivity index (χ1) is 7.91. The van der Waals surface area contributed by atoms with E-state index in [4.69, 9.17) is 11.6 Å². The van der Waals surface area contributed by atoms with Crippen LogP contribution in [-0.2, 0) is 13.5 Å². The highest BCUT2D eigenvalue weighted by Gasteiger charge is 2.34. The first kappa shape index (κ1) is 12.9. The van der Waals surface area contributed by atoms with E-state index < -0.39 is 5.60 Å². The Morgan fingerprint density at radius 1 is 1.59 bits per heavy atom. The molecule has 4 heteroatoms. The predicted octanol–water partition coefficient (Wildman–Crippen LogP) is 2.87. The van der Waals surface area contributed by atoms with E-state index >= 15 is 0 Å². The highest BCUT2D eigenvalue weighted by atomic mass is 35.5. The van der Waals surface area contributed by atoms with Gasteiger partial charge in [0.15, 0.2) is 0 Å². The number of hydrogen-bond donors (Lipinski definition) is 1. The lowest BCUT2D eigenvalue weighted by Gasteiger charge is -2.35. The Bertz CT molecular complexity index is 416. The molecule has 2 rings (SSSR count). The summed E-state index contributed by atoms with van der Waals surface area (Å²) in [5.41, 5.74) is 1.21. The van der Waals surface area contributed by atoms with Crippen LogP contribution in [0.4, 0.5) is 0 Å². The molecule has 0 radical (unpaired) electrons. The van der Waals surface area contributed by atoms with E-state index in [9.17, 15) is 5.11 Å². The molecule has 1 heterocycles. The fourth-order valence-electron chi connectivity index (χ4n) is 2.98. The van der Waals surface area contributed by atoms with Crippen LogP contribution >= 0.6 is 11.6 Å². The van der Waals surface area contributed by atoms with Crippen LogP contribution in [0.3, 0.4) is 0 Å². The van der Waals surface area contributed by atoms with Gasteiger partial charge in [0.05, 0.1) is 22.0 Å². The zero-order valence-corrected chi connectivity index (χ0v) is 11.6. The summed E-state index contributed by atoms with van der Waals surface area (Å²) in [5.74, 6) is 0.599. The number of hydrogen-bond acceptors (Lipinski definition) is 2. The monoisotopic (exact) mass is 256 g/mol. The maximum absolute atomic E-state index is 10.7. The summed E-state index contributed by atoms with van der Waals surface area (Å²) in [4.78, 5) is 0. The second-order valence-electron chi connectivity index (χ2n) is 5.57. The van der Waals surface area contributed by atoms with Gasteiger partial charge in [-0.1, -0.05) is 31.4 Å². The van der Waals surface area contributed by atoms with Crippen LogP contribution in [0.5, 0.6) is 0 Å². The van der Waals surface area contributed by atoms with Crippen LogP contribution in [0.15, 0.2) is 0 Å². The average Bonchev–Trinajstić information content (AvgIpc) is 2.44. The zero-order chi connectivity index (χ0) is 12.6. The molecule has 2 atom stereocenters. The smallest absolute Gasteiger partial charge is 0.0848 e. The highest BCUT2D eigenvalue weighted by molar-refractivity contribution is 6.31. The van der Waals surface area contributed by atoms with Crippen LogP contribution < -0.4 is 0 Å². The first-order valence-electron chi connectivity index (χ1n) is 6.32. The number of rotatable bonds is 2. The van der Waals surface area contributed by atoms with Gasteiger partial charge in [0.25, 0.3) is 0 Å². The van der Waals surface area contributed by atoms with E-state index in [-0.39, 0.29) is 0 Å². The van der Waals surface area contributed by atoms with Crippen molar-refractivity contribution < 1.29 is 5.11 Å². The molecule has 0 spiro atoms. The lowest BCUT2D eigenvalue weighted by atomic mass is 9.76. The third-order valence-electron chi connectivity index (χ3n) is 3.83. The molecule has 1 fully saturated rings. The van der Waals surface area contributed by atoms with E-state index in [1.54, 1.807) is 4.68 Å². The fraction of sp³-hybridized carbons (Fsp3) is 0.769. The van der Waals surface area contributed by atoms with Crippen molar-refractivity contribution in [1.29, 1.82) is 0 Å². The zero-order valence-electron chi connectivity index (χ0n) is 10.8. The quantitative estimate of drug-likeness (QED) is 0.884. The Kier molecular flexibility index (Phi) is 3.50. The highest BCUT2D eigenvalue weighted by Crippen LogP contribution is 2.36. The molecule has 3 nitrogen and oxygen atoms in total. The lowest BCUT2D eigenvalue weighted by molar-refractivity contribution is -0.0137. The Balaban J connectivity index is 2.19. The van der Waals surface area contributed by atoms with Crippen molar-refractivity contribution in [2.24, 2.45) is 13.0 Å². The third-order valence-corrected chi connectivity index (χ3v) is 4.32. The molecule has 1 aromatic rings. The summed E-state index contributed by atoms with van der Waals surface area (Å²) in [6, 6.07) is 0. The van der Waals surface area contributed by atoms with Crippen molar-refractivity contribution in [1.82, 2.24) is 9.78 Å². The van der Waals surface area contributed by atoms with Crippen LogP contribution in [0.25, 0.3) is 0 Å². The normalized spacial score (nSPS) is 29.6. The molecule has 96 valence electrons. The minimum atomic E-state index is -0.596. The van der Waals surface area contributed by atoms with E-state index in [2.05, 4.69) is 12.0 Å². The number of aromatic nitrogens is 2. The minimum Gasteiger partial charge on any atom is -0.389 e. The van der Waals surface area contributed by atoms with Crippen LogP contribution in [0, 0.1) is 12.8 Å². The van der Waals surface area contributed by atoms with Gasteiger partial charge in [-0.3, -0.25) is 4.68 Å². The van der Waals surface area contributed by atoms with Crippen molar-refractivity contribution >= 4 is 11.6 Å². The number of nitrogens with zero attached hydrogens (tertiary/aromatic N) is 2. The third kappa shape index (κ3) is 2.66. The van der Waals surface area contributed by atoms with Gasteiger partial charge in [-0.15, -0.1) is 0 Å². The van der Waals surface area contributed by atoms with Gasteiger partial charge in [0, 0.05) is 13.5 Å². The average molecular weight is 257 g/mol. The number of aliphatic hydroxyl groups is 1. The van der Waals surface area contributed by atoms with E-state index in [0.717, 1.165) is 30.7 Å². The van der Waals surface area contributed by atoms with Gasteiger partial charge in [-0.05, 0) is 25.7 Å². The van der Waals surface area contributed by atoms with Crippen LogP contribution in [-0.4, -0.2) is 20.5 Å². The molecule has 0 saturated heterocycles. The summed E-state index contributed by atoms with van der Waals surface area (Å²) in [5, 5.41) is 15.7. The van der Waals surface area contributed by atoms with Crippen molar-refractivity contribution in [3.05, 3.63) is 16.4 Å². The standard InChI is InChI=1S/C13H21ClN2O/c1-9-5-4-6-13(17,7-9)8-11-12(14)10(2)15-16(11)3/h9,17H,4-8H2,1-3H3. The first-order valence-corrected chi connectivity index (χ1v) is 6.69. The lowest BCUT2D eigenvalue weighted by Crippen LogP contribution is -2.37. The Morgan fingerprint density at radius 2 is 2.29 bits per heavy atom. The minimum absolute atomic E-state index is 0.596. The number of aryl methyl sites for hydroxylation is 2. The molecule has 1 saturated carbocycles. The van der Waals surface area contributed by atoms with E-state index in [1.807, 2.05) is 14.0 Å². The van der Waals surface area contributed by atoms with E-state index in [0.29, 0.717) is 17.4 Å². The predicted molar refractivity (Wildman–Crippen MR) is 69.2 cm³/mol. The molecule has 0 aliphatic heterocycles. The largest absolute Gasteiger partial charge is 0.389 e. The second kappa shape index (κ2) is 4.62. The maximum Gasteiger partial charge on any atom is 0.0848 e. The Morgan fingerprint density at radius 3 is 2.82 bits per heavy atom. The molecular formula is C13H21ClN2O. The van der Waals surface area contributed by atoms with Crippen LogP contribution in [0.2, 0.25) is 5.02 Å². The molecule has 0 bridgehead atoms. The Labute approximate surface area is 108 Å². The molecule has 0 aromatic carbocycles. The molecule has 0 amide bonds. The van der Waals surface area contributed by atoms with Gasteiger partial charge in [0.2, 0.25) is 0 Å². The summed E-state index contributed by atoms with van der Waals surface area (Å²) >= 11 is 6.24. The second-order valence-corrected chi connectivity index (χ2v) is 5.95. The van der Waals surface area contributed by atoms with Gasteiger partial charge in [0.1, 0.15) is 0 Å². The number of halogens is 1. The molecule has 1 aliphatic carbocycles. The SMILES string of the molecule is Cc1nn(C)c(CC2(O)CCCC(C)C2)c1Cl. The Hall–Kier alpha value is -0.540. The van der Waals surface area contributed by atoms with Gasteiger partial charge in [-0.25, -0.2) is 0 Å². The molecule has 1 aromatic heterocycles. The van der Waals surface area contributed by atoms with Crippen molar-refractivity contribution in [3.8, 4) is 0 Å². The fourth-order valence-corrected chi connectivity index (χ4v) is 3.20. The summed E-state index contributed by atoms with van der Waals surface area (Å²) in [6.07, 6.45) is 4.69. The molecule has 17 heavy (non-hydrogen) atoms. The summed E-state index contributed by atoms with van der Waals surface area (Å²) in [7, 11) is 1.89.